The molecular weight excluding hydrogens is 119 g/mol. The summed E-state index contributed by atoms with van der Waals surface area (Å²) in [4.78, 5) is 0. The molecule has 0 aliphatic heterocycles. The second kappa shape index (κ2) is 2.88. The fraction of sp³-hybridized carbons (Fsp3) is 0.333. The lowest BCUT2D eigenvalue weighted by atomic mass is 11.0. The Labute approximate surface area is 50.5 Å². The van der Waals surface area contributed by atoms with Gasteiger partial charge >= 0.3 is 0 Å². The Balaban J connectivity index is 4.21. The van der Waals surface area contributed by atoms with Crippen LogP contribution in [0.3, 0.4) is 0 Å². The van der Waals surface area contributed by atoms with E-state index < -0.39 is 7.14 Å². The molecule has 0 aromatic rings. The summed E-state index contributed by atoms with van der Waals surface area (Å²) in [6.07, 6.45) is 0.639. The molecule has 0 aliphatic carbocycles. The predicted molar refractivity (Wildman–Crippen MR) is 38.5 cm³/mol. The zero-order chi connectivity index (χ0) is 6.62. The fourth-order valence-corrected chi connectivity index (χ4v) is 0.998. The first-order chi connectivity index (χ1) is 3.68. The van der Waals surface area contributed by atoms with Crippen molar-refractivity contribution in [2.24, 2.45) is 0 Å². The number of rotatable bonds is 3. The first-order valence-electron chi connectivity index (χ1n) is 2.54. The molecule has 0 N–H and O–H groups in total. The minimum atomic E-state index is -2.13. The van der Waals surface area contributed by atoms with Crippen LogP contribution in [0.1, 0.15) is 6.92 Å². The number of hydrogen-bond donors (Lipinski definition) is 0. The molecule has 0 amide bonds. The SMILES string of the molecule is C=CP(=O)(C=C)CC. The van der Waals surface area contributed by atoms with Crippen molar-refractivity contribution in [2.75, 3.05) is 6.16 Å². The summed E-state index contributed by atoms with van der Waals surface area (Å²) in [6, 6.07) is 0. The summed E-state index contributed by atoms with van der Waals surface area (Å²) in [7, 11) is -2.13. The molecule has 0 rings (SSSR count). The van der Waals surface area contributed by atoms with Crippen molar-refractivity contribution in [1.82, 2.24) is 0 Å². The van der Waals surface area contributed by atoms with E-state index in [1.165, 1.54) is 11.6 Å². The smallest absolute Gasteiger partial charge is 0.128 e. The van der Waals surface area contributed by atoms with Crippen LogP contribution in [0.15, 0.2) is 24.8 Å². The largest absolute Gasteiger partial charge is 0.315 e. The van der Waals surface area contributed by atoms with Crippen LogP contribution in [-0.4, -0.2) is 6.16 Å². The lowest BCUT2D eigenvalue weighted by molar-refractivity contribution is 0.587. The molecule has 46 valence electrons. The zero-order valence-electron chi connectivity index (χ0n) is 5.13. The van der Waals surface area contributed by atoms with Gasteiger partial charge in [0.05, 0.1) is 0 Å². The molecule has 0 aromatic carbocycles. The first kappa shape index (κ1) is 7.71. The van der Waals surface area contributed by atoms with Gasteiger partial charge in [0, 0.05) is 6.16 Å². The van der Waals surface area contributed by atoms with Gasteiger partial charge in [-0.2, -0.15) is 0 Å². The summed E-state index contributed by atoms with van der Waals surface area (Å²) in [6.45, 7) is 8.75. The molecule has 0 bridgehead atoms. The Morgan fingerprint density at radius 3 is 1.88 bits per heavy atom. The van der Waals surface area contributed by atoms with Crippen molar-refractivity contribution in [3.63, 3.8) is 0 Å². The van der Waals surface area contributed by atoms with Crippen LogP contribution in [0.2, 0.25) is 0 Å². The van der Waals surface area contributed by atoms with Crippen LogP contribution in [-0.2, 0) is 4.57 Å². The second-order valence-electron chi connectivity index (χ2n) is 1.54. The molecule has 0 heterocycles. The van der Waals surface area contributed by atoms with E-state index in [1.807, 2.05) is 6.92 Å². The number of hydrogen-bond acceptors (Lipinski definition) is 1. The van der Waals surface area contributed by atoms with Crippen molar-refractivity contribution >= 4 is 7.14 Å². The first-order valence-corrected chi connectivity index (χ1v) is 4.57. The average Bonchev–Trinajstić information content (AvgIpc) is 1.87. The maximum atomic E-state index is 11.1. The molecule has 2 heteroatoms. The Morgan fingerprint density at radius 2 is 1.88 bits per heavy atom. The van der Waals surface area contributed by atoms with Gasteiger partial charge in [0.1, 0.15) is 7.14 Å². The van der Waals surface area contributed by atoms with E-state index in [9.17, 15) is 4.57 Å². The summed E-state index contributed by atoms with van der Waals surface area (Å²) < 4.78 is 11.1. The summed E-state index contributed by atoms with van der Waals surface area (Å²) >= 11 is 0. The maximum absolute atomic E-state index is 11.1. The van der Waals surface area contributed by atoms with Gasteiger partial charge in [-0.3, -0.25) is 0 Å². The zero-order valence-corrected chi connectivity index (χ0v) is 6.03. The lowest BCUT2D eigenvalue weighted by Gasteiger charge is -2.00. The van der Waals surface area contributed by atoms with Crippen LogP contribution >= 0.6 is 7.14 Å². The lowest BCUT2D eigenvalue weighted by Crippen LogP contribution is -1.72. The molecule has 8 heavy (non-hydrogen) atoms. The third kappa shape index (κ3) is 1.67. The molecule has 0 saturated carbocycles. The van der Waals surface area contributed by atoms with Gasteiger partial charge in [-0.05, 0) is 11.6 Å². The highest BCUT2D eigenvalue weighted by atomic mass is 31.2. The highest BCUT2D eigenvalue weighted by molar-refractivity contribution is 7.70. The van der Waals surface area contributed by atoms with Crippen LogP contribution in [0.25, 0.3) is 0 Å². The van der Waals surface area contributed by atoms with Gasteiger partial charge in [0.2, 0.25) is 0 Å². The Kier molecular flexibility index (Phi) is 2.78. The van der Waals surface area contributed by atoms with Crippen molar-refractivity contribution in [3.05, 3.63) is 24.8 Å². The topological polar surface area (TPSA) is 17.1 Å². The fourth-order valence-electron chi connectivity index (χ4n) is 0.333. The van der Waals surface area contributed by atoms with Gasteiger partial charge < -0.3 is 4.57 Å². The van der Waals surface area contributed by atoms with E-state index in [2.05, 4.69) is 13.2 Å². The maximum Gasteiger partial charge on any atom is 0.128 e. The molecule has 0 saturated heterocycles. The van der Waals surface area contributed by atoms with Crippen LogP contribution in [0.4, 0.5) is 0 Å². The van der Waals surface area contributed by atoms with E-state index in [1.54, 1.807) is 0 Å². The molecule has 0 spiro atoms. The van der Waals surface area contributed by atoms with E-state index in [0.717, 1.165) is 0 Å². The van der Waals surface area contributed by atoms with E-state index >= 15 is 0 Å². The minimum Gasteiger partial charge on any atom is -0.315 e. The third-order valence-electron chi connectivity index (χ3n) is 1.11. The van der Waals surface area contributed by atoms with Gasteiger partial charge in [-0.15, -0.1) is 0 Å². The predicted octanol–water partition coefficient (Wildman–Crippen LogP) is 2.66. The molecule has 0 aromatic heterocycles. The van der Waals surface area contributed by atoms with Gasteiger partial charge in [0.25, 0.3) is 0 Å². The standard InChI is InChI=1S/C6H11OP/c1-4-8(7,5-2)6-3/h4-5H,1-2,6H2,3H3. The quantitative estimate of drug-likeness (QED) is 0.537. The monoisotopic (exact) mass is 130 g/mol. The Bertz CT molecular complexity index is 125. The molecule has 0 fully saturated rings. The van der Waals surface area contributed by atoms with E-state index in [4.69, 9.17) is 0 Å². The summed E-state index contributed by atoms with van der Waals surface area (Å²) in [5.74, 6) is 2.97. The minimum absolute atomic E-state index is 0.639. The highest BCUT2D eigenvalue weighted by Gasteiger charge is 2.06. The van der Waals surface area contributed by atoms with Gasteiger partial charge in [0.15, 0.2) is 0 Å². The average molecular weight is 130 g/mol. The third-order valence-corrected chi connectivity index (χ3v) is 3.34. The Hall–Kier alpha value is -0.290. The van der Waals surface area contributed by atoms with E-state index in [0.29, 0.717) is 6.16 Å². The van der Waals surface area contributed by atoms with Crippen molar-refractivity contribution in [1.29, 1.82) is 0 Å². The Morgan fingerprint density at radius 1 is 1.50 bits per heavy atom. The molecule has 0 aliphatic rings. The highest BCUT2D eigenvalue weighted by Crippen LogP contribution is 2.46. The van der Waals surface area contributed by atoms with Crippen molar-refractivity contribution in [2.45, 2.75) is 6.92 Å². The van der Waals surface area contributed by atoms with Crippen LogP contribution < -0.4 is 0 Å². The second-order valence-corrected chi connectivity index (χ2v) is 4.61. The van der Waals surface area contributed by atoms with E-state index in [-0.39, 0.29) is 0 Å². The van der Waals surface area contributed by atoms with Crippen LogP contribution in [0.5, 0.6) is 0 Å². The molecular formula is C6H11OP. The molecule has 0 atom stereocenters. The summed E-state index contributed by atoms with van der Waals surface area (Å²) in [5, 5.41) is 0. The van der Waals surface area contributed by atoms with Crippen molar-refractivity contribution in [3.8, 4) is 0 Å². The van der Waals surface area contributed by atoms with Crippen molar-refractivity contribution < 1.29 is 4.57 Å². The van der Waals surface area contributed by atoms with Crippen LogP contribution in [0, 0.1) is 0 Å². The molecule has 1 nitrogen and oxygen atoms in total. The normalized spacial score (nSPS) is 10.6. The molecule has 0 radical (unpaired) electrons. The summed E-state index contributed by atoms with van der Waals surface area (Å²) in [5.41, 5.74) is 0. The van der Waals surface area contributed by atoms with Gasteiger partial charge in [-0.1, -0.05) is 20.1 Å². The molecule has 0 unspecified atom stereocenters. The van der Waals surface area contributed by atoms with Gasteiger partial charge in [-0.25, -0.2) is 0 Å².